The van der Waals surface area contributed by atoms with Gasteiger partial charge < -0.3 is 11.1 Å². The van der Waals surface area contributed by atoms with Crippen LogP contribution in [0, 0.1) is 11.7 Å². The number of nitrogens with zero attached hydrogens (tertiary/aromatic N) is 1. The van der Waals surface area contributed by atoms with Crippen LogP contribution >= 0.6 is 0 Å². The Morgan fingerprint density at radius 2 is 2.05 bits per heavy atom. The van der Waals surface area contributed by atoms with E-state index < -0.39 is 5.82 Å². The minimum Gasteiger partial charge on any atom is -0.397 e. The maximum absolute atomic E-state index is 13.0. The van der Waals surface area contributed by atoms with Crippen molar-refractivity contribution in [3.05, 3.63) is 24.0 Å². The Labute approximate surface area is 120 Å². The van der Waals surface area contributed by atoms with Gasteiger partial charge in [0.05, 0.1) is 17.4 Å². The van der Waals surface area contributed by atoms with Crippen molar-refractivity contribution in [1.29, 1.82) is 0 Å². The fourth-order valence-corrected chi connectivity index (χ4v) is 2.08. The molecule has 0 spiro atoms. The Hall–Kier alpha value is -1.62. The Kier molecular flexibility index (Phi) is 5.95. The average Bonchev–Trinajstić information content (AvgIpc) is 2.38. The number of nitrogens with two attached hydrogens (primary N) is 1. The van der Waals surface area contributed by atoms with Crippen molar-refractivity contribution >= 4 is 17.3 Å². The standard InChI is InChI=1S/C15H24FN3O/c1-5-19(9-10(2)3)11(4)15(20)18-14-7-6-12(16)8-13(14)17/h6-8,10-11H,5,9,17H2,1-4H3,(H,18,20). The minimum absolute atomic E-state index is 0.134. The summed E-state index contributed by atoms with van der Waals surface area (Å²) in [6.07, 6.45) is 0. The summed E-state index contributed by atoms with van der Waals surface area (Å²) < 4.78 is 13.0. The Balaban J connectivity index is 2.73. The Morgan fingerprint density at radius 3 is 2.55 bits per heavy atom. The number of likely N-dealkylation sites (N-methyl/N-ethyl adjacent to an activating group) is 1. The summed E-state index contributed by atoms with van der Waals surface area (Å²) in [5.74, 6) is -0.0598. The molecule has 0 radical (unpaired) electrons. The van der Waals surface area contributed by atoms with Gasteiger partial charge in [-0.1, -0.05) is 20.8 Å². The summed E-state index contributed by atoms with van der Waals surface area (Å²) in [6.45, 7) is 9.77. The summed E-state index contributed by atoms with van der Waals surface area (Å²) in [5.41, 5.74) is 6.37. The number of amides is 1. The van der Waals surface area contributed by atoms with E-state index in [1.54, 1.807) is 0 Å². The van der Waals surface area contributed by atoms with E-state index in [1.165, 1.54) is 18.2 Å². The molecule has 0 heterocycles. The molecule has 0 aliphatic carbocycles. The molecule has 20 heavy (non-hydrogen) atoms. The summed E-state index contributed by atoms with van der Waals surface area (Å²) in [4.78, 5) is 14.3. The average molecular weight is 281 g/mol. The summed E-state index contributed by atoms with van der Waals surface area (Å²) in [7, 11) is 0. The summed E-state index contributed by atoms with van der Waals surface area (Å²) in [5, 5.41) is 2.75. The quantitative estimate of drug-likeness (QED) is 0.788. The van der Waals surface area contributed by atoms with Crippen molar-refractivity contribution in [2.24, 2.45) is 5.92 Å². The van der Waals surface area contributed by atoms with Crippen LogP contribution in [-0.2, 0) is 4.79 Å². The van der Waals surface area contributed by atoms with Crippen LogP contribution in [0.5, 0.6) is 0 Å². The van der Waals surface area contributed by atoms with Gasteiger partial charge in [-0.3, -0.25) is 9.69 Å². The van der Waals surface area contributed by atoms with Gasteiger partial charge in [-0.25, -0.2) is 4.39 Å². The van der Waals surface area contributed by atoms with E-state index in [4.69, 9.17) is 5.73 Å². The van der Waals surface area contributed by atoms with E-state index in [1.807, 2.05) is 13.8 Å². The molecule has 1 rings (SSSR count). The van der Waals surface area contributed by atoms with E-state index in [9.17, 15) is 9.18 Å². The van der Waals surface area contributed by atoms with Gasteiger partial charge in [0.15, 0.2) is 0 Å². The zero-order valence-electron chi connectivity index (χ0n) is 12.6. The molecule has 0 saturated carbocycles. The monoisotopic (exact) mass is 281 g/mol. The van der Waals surface area contributed by atoms with E-state index in [0.29, 0.717) is 11.6 Å². The number of halogens is 1. The lowest BCUT2D eigenvalue weighted by Gasteiger charge is -2.28. The van der Waals surface area contributed by atoms with Crippen LogP contribution in [0.2, 0.25) is 0 Å². The van der Waals surface area contributed by atoms with Gasteiger partial charge in [-0.2, -0.15) is 0 Å². The maximum atomic E-state index is 13.0. The molecule has 0 aliphatic rings. The van der Waals surface area contributed by atoms with Crippen LogP contribution < -0.4 is 11.1 Å². The van der Waals surface area contributed by atoms with Crippen LogP contribution in [0.25, 0.3) is 0 Å². The molecule has 1 amide bonds. The van der Waals surface area contributed by atoms with Crippen molar-refractivity contribution in [2.45, 2.75) is 33.7 Å². The highest BCUT2D eigenvalue weighted by Crippen LogP contribution is 2.19. The van der Waals surface area contributed by atoms with Gasteiger partial charge in [-0.05, 0) is 37.6 Å². The van der Waals surface area contributed by atoms with E-state index in [-0.39, 0.29) is 17.6 Å². The number of anilines is 2. The van der Waals surface area contributed by atoms with E-state index >= 15 is 0 Å². The van der Waals surface area contributed by atoms with Gasteiger partial charge in [0.2, 0.25) is 5.91 Å². The second-order valence-electron chi connectivity index (χ2n) is 5.38. The lowest BCUT2D eigenvalue weighted by atomic mass is 10.1. The number of carbonyl (C=O) groups excluding carboxylic acids is 1. The molecule has 0 saturated heterocycles. The molecule has 4 nitrogen and oxygen atoms in total. The van der Waals surface area contributed by atoms with Crippen LogP contribution in [0.4, 0.5) is 15.8 Å². The second-order valence-corrected chi connectivity index (χ2v) is 5.38. The third kappa shape index (κ3) is 4.49. The predicted octanol–water partition coefficient (Wildman–Crippen LogP) is 2.71. The largest absolute Gasteiger partial charge is 0.397 e. The fourth-order valence-electron chi connectivity index (χ4n) is 2.08. The number of benzene rings is 1. The number of rotatable bonds is 6. The molecule has 112 valence electrons. The zero-order valence-corrected chi connectivity index (χ0v) is 12.6. The van der Waals surface area contributed by atoms with Crippen molar-refractivity contribution in [2.75, 3.05) is 24.1 Å². The molecule has 1 aromatic carbocycles. The van der Waals surface area contributed by atoms with Crippen LogP contribution in [0.1, 0.15) is 27.7 Å². The highest BCUT2D eigenvalue weighted by atomic mass is 19.1. The third-order valence-electron chi connectivity index (χ3n) is 3.20. The van der Waals surface area contributed by atoms with Gasteiger partial charge in [0.1, 0.15) is 5.82 Å². The molecule has 0 aliphatic heterocycles. The number of hydrogen-bond acceptors (Lipinski definition) is 3. The number of carbonyl (C=O) groups is 1. The molecule has 5 heteroatoms. The van der Waals surface area contributed by atoms with Crippen molar-refractivity contribution in [3.8, 4) is 0 Å². The van der Waals surface area contributed by atoms with Gasteiger partial charge in [0.25, 0.3) is 0 Å². The van der Waals surface area contributed by atoms with Crippen molar-refractivity contribution < 1.29 is 9.18 Å². The summed E-state index contributed by atoms with van der Waals surface area (Å²) in [6, 6.07) is 3.70. The van der Waals surface area contributed by atoms with Crippen molar-refractivity contribution in [1.82, 2.24) is 4.90 Å². The van der Waals surface area contributed by atoms with Crippen molar-refractivity contribution in [3.63, 3.8) is 0 Å². The lowest BCUT2D eigenvalue weighted by Crippen LogP contribution is -2.43. The molecule has 0 fully saturated rings. The third-order valence-corrected chi connectivity index (χ3v) is 3.20. The molecule has 1 aromatic rings. The van der Waals surface area contributed by atoms with Crippen LogP contribution in [-0.4, -0.2) is 29.9 Å². The first-order valence-electron chi connectivity index (χ1n) is 6.95. The first-order chi connectivity index (χ1) is 9.35. The maximum Gasteiger partial charge on any atom is 0.241 e. The first-order valence-corrected chi connectivity index (χ1v) is 6.95. The zero-order chi connectivity index (χ0) is 15.3. The lowest BCUT2D eigenvalue weighted by molar-refractivity contribution is -0.120. The Bertz CT molecular complexity index is 462. The molecule has 1 unspecified atom stereocenters. The first kappa shape index (κ1) is 16.4. The fraction of sp³-hybridized carbons (Fsp3) is 0.533. The molecular weight excluding hydrogens is 257 g/mol. The van der Waals surface area contributed by atoms with Gasteiger partial charge >= 0.3 is 0 Å². The SMILES string of the molecule is CCN(CC(C)C)C(C)C(=O)Nc1ccc(F)cc1N. The topological polar surface area (TPSA) is 58.4 Å². The second kappa shape index (κ2) is 7.24. The van der Waals surface area contributed by atoms with Gasteiger partial charge in [-0.15, -0.1) is 0 Å². The number of nitrogens with one attached hydrogen (secondary N) is 1. The smallest absolute Gasteiger partial charge is 0.241 e. The minimum atomic E-state index is -0.413. The molecule has 3 N–H and O–H groups in total. The summed E-state index contributed by atoms with van der Waals surface area (Å²) >= 11 is 0. The highest BCUT2D eigenvalue weighted by molar-refractivity contribution is 5.97. The normalized spacial score (nSPS) is 12.8. The molecule has 0 bridgehead atoms. The Morgan fingerprint density at radius 1 is 1.40 bits per heavy atom. The number of hydrogen-bond donors (Lipinski definition) is 2. The molecule has 0 aromatic heterocycles. The highest BCUT2D eigenvalue weighted by Gasteiger charge is 2.21. The number of nitrogen functional groups attached to an aromatic ring is 1. The van der Waals surface area contributed by atoms with Crippen LogP contribution in [0.15, 0.2) is 18.2 Å². The van der Waals surface area contributed by atoms with Crippen LogP contribution in [0.3, 0.4) is 0 Å². The van der Waals surface area contributed by atoms with E-state index in [0.717, 1.165) is 13.1 Å². The predicted molar refractivity (Wildman–Crippen MR) is 81.0 cm³/mol. The van der Waals surface area contributed by atoms with Gasteiger partial charge in [0, 0.05) is 6.54 Å². The molecule has 1 atom stereocenters. The molecular formula is C15H24FN3O. The van der Waals surface area contributed by atoms with E-state index in [2.05, 4.69) is 24.1 Å².